The molecular weight excluding hydrogens is 297 g/mol. The van der Waals surface area contributed by atoms with Gasteiger partial charge in [0.1, 0.15) is 19.0 Å². The van der Waals surface area contributed by atoms with Crippen molar-refractivity contribution < 1.29 is 18.7 Å². The quantitative estimate of drug-likeness (QED) is 0.923. The fraction of sp³-hybridized carbons (Fsp3) is 0.133. The molecule has 1 aliphatic rings. The lowest BCUT2D eigenvalue weighted by atomic mass is 10.2. The lowest BCUT2D eigenvalue weighted by Gasteiger charge is -2.20. The van der Waals surface area contributed by atoms with Gasteiger partial charge in [0.2, 0.25) is 0 Å². The third kappa shape index (κ3) is 2.78. The van der Waals surface area contributed by atoms with Crippen LogP contribution in [0.3, 0.4) is 0 Å². The van der Waals surface area contributed by atoms with Crippen LogP contribution in [0.4, 0.5) is 10.1 Å². The van der Waals surface area contributed by atoms with Crippen LogP contribution in [0.25, 0.3) is 0 Å². The third-order valence-electron chi connectivity index (χ3n) is 2.97. The van der Waals surface area contributed by atoms with Crippen molar-refractivity contribution in [2.75, 3.05) is 18.5 Å². The standard InChI is InChI=1S/C15H11ClFNO3/c16-11-7-9(8-13-14(11)21-6-5-20-13)18-15(19)10-3-1-2-4-12(10)17/h1-4,7-8H,5-6H2,(H,18,19). The smallest absolute Gasteiger partial charge is 0.258 e. The molecule has 0 aromatic heterocycles. The number of nitrogens with one attached hydrogen (secondary N) is 1. The van der Waals surface area contributed by atoms with Crippen molar-refractivity contribution in [2.24, 2.45) is 0 Å². The van der Waals surface area contributed by atoms with Crippen LogP contribution in [0, 0.1) is 5.82 Å². The van der Waals surface area contributed by atoms with E-state index in [4.69, 9.17) is 21.1 Å². The molecule has 0 saturated carbocycles. The van der Waals surface area contributed by atoms with Crippen molar-refractivity contribution >= 4 is 23.2 Å². The Bertz CT molecular complexity index is 705. The van der Waals surface area contributed by atoms with Crippen molar-refractivity contribution in [1.29, 1.82) is 0 Å². The molecule has 0 atom stereocenters. The molecule has 2 aromatic carbocycles. The zero-order valence-electron chi connectivity index (χ0n) is 10.9. The highest BCUT2D eigenvalue weighted by molar-refractivity contribution is 6.32. The summed E-state index contributed by atoms with van der Waals surface area (Å²) in [6, 6.07) is 8.88. The molecule has 2 aromatic rings. The highest BCUT2D eigenvalue weighted by atomic mass is 35.5. The first-order valence-corrected chi connectivity index (χ1v) is 6.68. The van der Waals surface area contributed by atoms with Gasteiger partial charge >= 0.3 is 0 Å². The first-order chi connectivity index (χ1) is 10.1. The Balaban J connectivity index is 1.87. The van der Waals surface area contributed by atoms with Gasteiger partial charge in [0.05, 0.1) is 10.6 Å². The Morgan fingerprint density at radius 2 is 1.95 bits per heavy atom. The number of hydrogen-bond acceptors (Lipinski definition) is 3. The van der Waals surface area contributed by atoms with E-state index in [1.165, 1.54) is 24.3 Å². The SMILES string of the molecule is O=C(Nc1cc(Cl)c2c(c1)OCCO2)c1ccccc1F. The summed E-state index contributed by atoms with van der Waals surface area (Å²) in [5.74, 6) is -0.233. The highest BCUT2D eigenvalue weighted by Crippen LogP contribution is 2.40. The topological polar surface area (TPSA) is 47.6 Å². The lowest BCUT2D eigenvalue weighted by molar-refractivity contribution is 0.102. The van der Waals surface area contributed by atoms with Gasteiger partial charge in [-0.2, -0.15) is 0 Å². The van der Waals surface area contributed by atoms with Crippen LogP contribution >= 0.6 is 11.6 Å². The number of ether oxygens (including phenoxy) is 2. The van der Waals surface area contributed by atoms with Crippen LogP contribution < -0.4 is 14.8 Å². The average Bonchev–Trinajstić information content (AvgIpc) is 2.47. The van der Waals surface area contributed by atoms with E-state index < -0.39 is 11.7 Å². The Morgan fingerprint density at radius 1 is 1.19 bits per heavy atom. The number of hydrogen-bond donors (Lipinski definition) is 1. The van der Waals surface area contributed by atoms with Crippen molar-refractivity contribution in [2.45, 2.75) is 0 Å². The second kappa shape index (κ2) is 5.61. The van der Waals surface area contributed by atoms with E-state index in [9.17, 15) is 9.18 Å². The molecular formula is C15H11ClFNO3. The zero-order valence-corrected chi connectivity index (χ0v) is 11.6. The summed E-state index contributed by atoms with van der Waals surface area (Å²) in [6.45, 7) is 0.835. The first-order valence-electron chi connectivity index (χ1n) is 6.30. The van der Waals surface area contributed by atoms with E-state index >= 15 is 0 Å². The van der Waals surface area contributed by atoms with E-state index in [1.54, 1.807) is 12.1 Å². The van der Waals surface area contributed by atoms with E-state index in [0.717, 1.165) is 0 Å². The van der Waals surface area contributed by atoms with Crippen molar-refractivity contribution in [3.05, 3.63) is 52.8 Å². The molecule has 1 heterocycles. The maximum Gasteiger partial charge on any atom is 0.258 e. The van der Waals surface area contributed by atoms with Crippen LogP contribution in [0.5, 0.6) is 11.5 Å². The van der Waals surface area contributed by atoms with Crippen LogP contribution in [-0.4, -0.2) is 19.1 Å². The largest absolute Gasteiger partial charge is 0.486 e. The van der Waals surface area contributed by atoms with Crippen LogP contribution in [0.15, 0.2) is 36.4 Å². The predicted octanol–water partition coefficient (Wildman–Crippen LogP) is 3.50. The molecule has 1 N–H and O–H groups in total. The normalized spacial score (nSPS) is 12.9. The summed E-state index contributed by atoms with van der Waals surface area (Å²) in [6.07, 6.45) is 0. The number of rotatable bonds is 2. The Labute approximate surface area is 125 Å². The molecule has 0 aliphatic carbocycles. The number of carbonyl (C=O) groups is 1. The van der Waals surface area contributed by atoms with Crippen molar-refractivity contribution in [3.63, 3.8) is 0 Å². The summed E-state index contributed by atoms with van der Waals surface area (Å²) in [5, 5.41) is 2.92. The van der Waals surface area contributed by atoms with E-state index in [-0.39, 0.29) is 5.56 Å². The Kier molecular flexibility index (Phi) is 3.66. The van der Waals surface area contributed by atoms with Crippen LogP contribution in [0.2, 0.25) is 5.02 Å². The van der Waals surface area contributed by atoms with E-state index in [1.807, 2.05) is 0 Å². The maximum absolute atomic E-state index is 13.6. The van der Waals surface area contributed by atoms with Gasteiger partial charge in [-0.25, -0.2) is 4.39 Å². The number of anilines is 1. The first kappa shape index (κ1) is 13.7. The highest BCUT2D eigenvalue weighted by Gasteiger charge is 2.18. The maximum atomic E-state index is 13.6. The van der Waals surface area contributed by atoms with E-state index in [0.29, 0.717) is 35.4 Å². The van der Waals surface area contributed by atoms with Gasteiger partial charge in [0, 0.05) is 11.8 Å². The molecule has 21 heavy (non-hydrogen) atoms. The molecule has 0 spiro atoms. The van der Waals surface area contributed by atoms with Gasteiger partial charge < -0.3 is 14.8 Å². The Hall–Kier alpha value is -2.27. The summed E-state index contributed by atoms with van der Waals surface area (Å²) in [7, 11) is 0. The average molecular weight is 308 g/mol. The molecule has 0 saturated heterocycles. The molecule has 108 valence electrons. The minimum atomic E-state index is -0.585. The second-order valence-electron chi connectivity index (χ2n) is 4.42. The monoisotopic (exact) mass is 307 g/mol. The summed E-state index contributed by atoms with van der Waals surface area (Å²) >= 11 is 6.08. The van der Waals surface area contributed by atoms with Gasteiger partial charge in [0.25, 0.3) is 5.91 Å². The Morgan fingerprint density at radius 3 is 2.76 bits per heavy atom. The zero-order chi connectivity index (χ0) is 14.8. The fourth-order valence-electron chi connectivity index (χ4n) is 2.03. The van der Waals surface area contributed by atoms with Crippen LogP contribution in [-0.2, 0) is 0 Å². The molecule has 1 amide bonds. The molecule has 0 unspecified atom stereocenters. The molecule has 6 heteroatoms. The molecule has 4 nitrogen and oxygen atoms in total. The van der Waals surface area contributed by atoms with Gasteiger partial charge in [-0.1, -0.05) is 23.7 Å². The number of halogens is 2. The second-order valence-corrected chi connectivity index (χ2v) is 4.82. The number of fused-ring (bicyclic) bond motifs is 1. The molecule has 0 fully saturated rings. The molecule has 1 aliphatic heterocycles. The van der Waals surface area contributed by atoms with E-state index in [2.05, 4.69) is 5.32 Å². The van der Waals surface area contributed by atoms with Gasteiger partial charge in [0.15, 0.2) is 11.5 Å². The molecule has 0 radical (unpaired) electrons. The van der Waals surface area contributed by atoms with Crippen molar-refractivity contribution in [1.82, 2.24) is 0 Å². The van der Waals surface area contributed by atoms with Crippen LogP contribution in [0.1, 0.15) is 10.4 Å². The third-order valence-corrected chi connectivity index (χ3v) is 3.25. The minimum absolute atomic E-state index is 0.0384. The lowest BCUT2D eigenvalue weighted by Crippen LogP contribution is -2.17. The number of benzene rings is 2. The predicted molar refractivity (Wildman–Crippen MR) is 76.8 cm³/mol. The number of carbonyl (C=O) groups excluding carboxylic acids is 1. The molecule has 3 rings (SSSR count). The summed E-state index contributed by atoms with van der Waals surface area (Å²) in [4.78, 5) is 12.0. The van der Waals surface area contributed by atoms with Gasteiger partial charge in [-0.15, -0.1) is 0 Å². The van der Waals surface area contributed by atoms with Gasteiger partial charge in [-0.05, 0) is 18.2 Å². The summed E-state index contributed by atoms with van der Waals surface area (Å²) in [5.41, 5.74) is 0.376. The fourth-order valence-corrected chi connectivity index (χ4v) is 2.29. The molecule has 0 bridgehead atoms. The van der Waals surface area contributed by atoms with Crippen molar-refractivity contribution in [3.8, 4) is 11.5 Å². The van der Waals surface area contributed by atoms with Gasteiger partial charge in [-0.3, -0.25) is 4.79 Å². The number of amides is 1. The summed E-state index contributed by atoms with van der Waals surface area (Å²) < 4.78 is 24.4. The minimum Gasteiger partial charge on any atom is -0.486 e.